The minimum absolute atomic E-state index is 0.0721. The maximum absolute atomic E-state index is 13.2. The second-order valence-electron chi connectivity index (χ2n) is 12.4. The number of hydrogen-bond acceptors (Lipinski definition) is 6. The predicted molar refractivity (Wildman–Crippen MR) is 171 cm³/mol. The first kappa shape index (κ1) is 30.1. The minimum atomic E-state index is -1.23. The third-order valence-corrected chi connectivity index (χ3v) is 9.60. The van der Waals surface area contributed by atoms with Gasteiger partial charge in [0.2, 0.25) is 0 Å². The number of pyridine rings is 1. The van der Waals surface area contributed by atoms with Crippen molar-refractivity contribution in [2.45, 2.75) is 45.3 Å². The van der Waals surface area contributed by atoms with Crippen molar-refractivity contribution < 1.29 is 14.6 Å². The van der Waals surface area contributed by atoms with Gasteiger partial charge in [0.25, 0.3) is 5.91 Å². The zero-order chi connectivity index (χ0) is 29.7. The number of hydrogen-bond donors (Lipinski definition) is 1. The molecule has 0 bridgehead atoms. The highest BCUT2D eigenvalue weighted by molar-refractivity contribution is 6.76. The summed E-state index contributed by atoms with van der Waals surface area (Å²) < 4.78 is 8.26. The van der Waals surface area contributed by atoms with Crippen molar-refractivity contribution in [1.29, 1.82) is 0 Å². The Morgan fingerprint density at radius 3 is 2.48 bits per heavy atom. The lowest BCUT2D eigenvalue weighted by Gasteiger charge is -2.32. The smallest absolute Gasteiger partial charge is 0.253 e. The molecule has 1 aliphatic rings. The number of likely N-dealkylation sites (N-methyl/N-ethyl adjacent to an activating group) is 1. The molecule has 9 heteroatoms. The molecule has 1 aliphatic heterocycles. The van der Waals surface area contributed by atoms with E-state index in [2.05, 4.69) is 60.4 Å². The second-order valence-corrected chi connectivity index (χ2v) is 18.1. The molecule has 1 fully saturated rings. The van der Waals surface area contributed by atoms with E-state index in [-0.39, 0.29) is 12.5 Å². The number of aliphatic hydroxyl groups is 1. The number of nitrogens with zero attached hydrogens (tertiary/aromatic N) is 5. The first-order valence-corrected chi connectivity index (χ1v) is 18.7. The number of carbonyl (C=O) groups excluding carboxylic acids is 1. The molecule has 1 N–H and O–H groups in total. The normalized spacial score (nSPS) is 14.5. The SMILES string of the molecule is CN1CCN(C(=O)c2ccc(-c3nc4c(-c5cccc(CCCO)c5)ccnc4n3COCC[Si](C)(C)C)cc2)CC1. The van der Waals surface area contributed by atoms with E-state index >= 15 is 0 Å². The molecule has 3 heterocycles. The molecule has 4 aromatic rings. The van der Waals surface area contributed by atoms with Gasteiger partial charge in [0.1, 0.15) is 18.1 Å². The molecule has 0 unspecified atom stereocenters. The summed E-state index contributed by atoms with van der Waals surface area (Å²) in [5, 5.41) is 9.30. The van der Waals surface area contributed by atoms with Gasteiger partial charge in [-0.05, 0) is 55.3 Å². The summed E-state index contributed by atoms with van der Waals surface area (Å²) in [4.78, 5) is 27.2. The summed E-state index contributed by atoms with van der Waals surface area (Å²) in [5.41, 5.74) is 6.46. The molecule has 2 aromatic heterocycles. The van der Waals surface area contributed by atoms with E-state index in [1.165, 1.54) is 5.56 Å². The Balaban J connectivity index is 1.49. The molecule has 8 nitrogen and oxygen atoms in total. The van der Waals surface area contributed by atoms with E-state index in [9.17, 15) is 9.90 Å². The molecular weight excluding hydrogens is 542 g/mol. The summed E-state index contributed by atoms with van der Waals surface area (Å²) in [6.45, 7) is 11.6. The minimum Gasteiger partial charge on any atom is -0.396 e. The van der Waals surface area contributed by atoms with Crippen LogP contribution in [-0.4, -0.2) is 89.9 Å². The molecule has 0 spiro atoms. The zero-order valence-electron chi connectivity index (χ0n) is 25.3. The Labute approximate surface area is 250 Å². The van der Waals surface area contributed by atoms with Crippen LogP contribution in [0.3, 0.4) is 0 Å². The summed E-state index contributed by atoms with van der Waals surface area (Å²) in [7, 11) is 0.855. The number of aryl methyl sites for hydroxylation is 1. The van der Waals surface area contributed by atoms with Crippen LogP contribution in [0.4, 0.5) is 0 Å². The first-order valence-electron chi connectivity index (χ1n) is 14.9. The quantitative estimate of drug-likeness (QED) is 0.188. The first-order chi connectivity index (χ1) is 20.2. The topological polar surface area (TPSA) is 83.7 Å². The van der Waals surface area contributed by atoms with E-state index in [4.69, 9.17) is 14.7 Å². The fraction of sp³-hybridized carbons (Fsp3) is 0.424. The third-order valence-electron chi connectivity index (χ3n) is 7.89. The summed E-state index contributed by atoms with van der Waals surface area (Å²) in [6, 6.07) is 19.3. The largest absolute Gasteiger partial charge is 0.396 e. The van der Waals surface area contributed by atoms with Crippen LogP contribution in [0.2, 0.25) is 25.7 Å². The van der Waals surface area contributed by atoms with Crippen LogP contribution in [0.15, 0.2) is 60.8 Å². The number of aromatic nitrogens is 3. The van der Waals surface area contributed by atoms with Gasteiger partial charge in [-0.25, -0.2) is 9.97 Å². The molecule has 0 atom stereocenters. The number of piperazine rings is 1. The summed E-state index contributed by atoms with van der Waals surface area (Å²) in [6.07, 6.45) is 3.39. The van der Waals surface area contributed by atoms with Crippen molar-refractivity contribution >= 4 is 25.1 Å². The van der Waals surface area contributed by atoms with Gasteiger partial charge < -0.3 is 19.6 Å². The van der Waals surface area contributed by atoms with Crippen LogP contribution in [0, 0.1) is 0 Å². The number of amides is 1. The Kier molecular flexibility index (Phi) is 9.52. The van der Waals surface area contributed by atoms with E-state index in [0.717, 1.165) is 78.7 Å². The summed E-state index contributed by atoms with van der Waals surface area (Å²) >= 11 is 0. The fourth-order valence-corrected chi connectivity index (χ4v) is 6.02. The van der Waals surface area contributed by atoms with Crippen molar-refractivity contribution in [2.75, 3.05) is 46.4 Å². The molecule has 222 valence electrons. The number of fused-ring (bicyclic) bond motifs is 1. The van der Waals surface area contributed by atoms with Crippen molar-refractivity contribution in [2.24, 2.45) is 0 Å². The number of carbonyl (C=O) groups is 1. The number of rotatable bonds is 11. The van der Waals surface area contributed by atoms with Crippen molar-refractivity contribution in [1.82, 2.24) is 24.3 Å². The average Bonchev–Trinajstić information content (AvgIpc) is 3.36. The molecule has 0 aliphatic carbocycles. The molecule has 5 rings (SSSR count). The second kappa shape index (κ2) is 13.3. The lowest BCUT2D eigenvalue weighted by Crippen LogP contribution is -2.47. The van der Waals surface area contributed by atoms with Crippen LogP contribution >= 0.6 is 0 Å². The number of aliphatic hydroxyl groups excluding tert-OH is 1. The van der Waals surface area contributed by atoms with Crippen LogP contribution in [-0.2, 0) is 17.9 Å². The highest BCUT2D eigenvalue weighted by Crippen LogP contribution is 2.32. The standard InChI is InChI=1S/C33H43N5O3Si/c1-36-16-18-37(19-17-36)33(40)27-12-10-26(11-13-27)31-35-30-29(28-9-5-7-25(23-28)8-6-20-39)14-15-34-32(30)38(31)24-41-21-22-42(2,3)4/h5,7,9-15,23,39H,6,8,16-22,24H2,1-4H3. The van der Waals surface area contributed by atoms with Crippen molar-refractivity contribution in [3.8, 4) is 22.5 Å². The molecule has 2 aromatic carbocycles. The van der Waals surface area contributed by atoms with Gasteiger partial charge in [-0.1, -0.05) is 56.0 Å². The maximum Gasteiger partial charge on any atom is 0.253 e. The van der Waals surface area contributed by atoms with Crippen LogP contribution in [0.5, 0.6) is 0 Å². The summed E-state index contributed by atoms with van der Waals surface area (Å²) in [5.74, 6) is 0.843. The maximum atomic E-state index is 13.2. The van der Waals surface area contributed by atoms with Crippen LogP contribution < -0.4 is 0 Å². The van der Waals surface area contributed by atoms with Crippen molar-refractivity contribution in [3.63, 3.8) is 0 Å². The molecule has 1 amide bonds. The highest BCUT2D eigenvalue weighted by atomic mass is 28.3. The molecule has 0 radical (unpaired) electrons. The Hall–Kier alpha value is -3.37. The molecule has 42 heavy (non-hydrogen) atoms. The third kappa shape index (κ3) is 7.15. The van der Waals surface area contributed by atoms with E-state index < -0.39 is 8.07 Å². The van der Waals surface area contributed by atoms with Crippen LogP contribution in [0.25, 0.3) is 33.7 Å². The Morgan fingerprint density at radius 1 is 1.00 bits per heavy atom. The lowest BCUT2D eigenvalue weighted by atomic mass is 10.0. The number of benzene rings is 2. The Bertz CT molecular complexity index is 1500. The lowest BCUT2D eigenvalue weighted by molar-refractivity contribution is 0.0664. The van der Waals surface area contributed by atoms with Gasteiger partial charge in [0.15, 0.2) is 5.65 Å². The fourth-order valence-electron chi connectivity index (χ4n) is 5.26. The van der Waals surface area contributed by atoms with Gasteiger partial charge in [-0.15, -0.1) is 0 Å². The molecule has 0 saturated carbocycles. The predicted octanol–water partition coefficient (Wildman–Crippen LogP) is 5.39. The number of ether oxygens (including phenoxy) is 1. The Morgan fingerprint density at radius 2 is 1.76 bits per heavy atom. The monoisotopic (exact) mass is 585 g/mol. The van der Waals surface area contributed by atoms with Crippen molar-refractivity contribution in [3.05, 3.63) is 71.9 Å². The average molecular weight is 586 g/mol. The van der Waals surface area contributed by atoms with Crippen LogP contribution in [0.1, 0.15) is 22.3 Å². The van der Waals surface area contributed by atoms with Gasteiger partial charge in [-0.3, -0.25) is 9.36 Å². The van der Waals surface area contributed by atoms with Gasteiger partial charge >= 0.3 is 0 Å². The number of imidazole rings is 1. The zero-order valence-corrected chi connectivity index (χ0v) is 26.3. The van der Waals surface area contributed by atoms with E-state index in [0.29, 0.717) is 18.9 Å². The molecular formula is C33H43N5O3Si. The van der Waals surface area contributed by atoms with Gasteiger partial charge in [0, 0.05) is 70.4 Å². The van der Waals surface area contributed by atoms with Gasteiger partial charge in [-0.2, -0.15) is 0 Å². The highest BCUT2D eigenvalue weighted by Gasteiger charge is 2.22. The van der Waals surface area contributed by atoms with E-state index in [1.807, 2.05) is 41.4 Å². The molecule has 1 saturated heterocycles. The van der Waals surface area contributed by atoms with Gasteiger partial charge in [0.05, 0.1) is 0 Å². The van der Waals surface area contributed by atoms with E-state index in [1.54, 1.807) is 0 Å².